The zero-order chi connectivity index (χ0) is 15.2. The fourth-order valence-electron chi connectivity index (χ4n) is 1.54. The monoisotopic (exact) mass is 295 g/mol. The Labute approximate surface area is 114 Å². The van der Waals surface area contributed by atoms with E-state index in [0.717, 1.165) is 0 Å². The van der Waals surface area contributed by atoms with Crippen molar-refractivity contribution < 1.29 is 27.0 Å². The summed E-state index contributed by atoms with van der Waals surface area (Å²) in [6.07, 6.45) is -4.35. The number of halogens is 4. The van der Waals surface area contributed by atoms with Gasteiger partial charge in [0, 0.05) is 11.6 Å². The molecule has 0 aromatic heterocycles. The standard InChI is InChI=1S/C13H17F4NO2/c1-9(18-2)11-7-10(14)3-4-12(11)20-6-5-19-8-13(15,16)17/h3-4,7,9,18H,5-6,8H2,1-2H3. The van der Waals surface area contributed by atoms with Crippen LogP contribution in [0.2, 0.25) is 0 Å². The first-order valence-corrected chi connectivity index (χ1v) is 6.07. The lowest BCUT2D eigenvalue weighted by Crippen LogP contribution is -2.20. The Morgan fingerprint density at radius 1 is 1.25 bits per heavy atom. The Balaban J connectivity index is 2.51. The molecule has 0 saturated carbocycles. The van der Waals surface area contributed by atoms with Gasteiger partial charge in [0.1, 0.15) is 24.8 Å². The summed E-state index contributed by atoms with van der Waals surface area (Å²) < 4.78 is 58.5. The minimum Gasteiger partial charge on any atom is -0.491 e. The minimum atomic E-state index is -4.35. The Morgan fingerprint density at radius 2 is 1.95 bits per heavy atom. The lowest BCUT2D eigenvalue weighted by atomic mass is 10.1. The zero-order valence-electron chi connectivity index (χ0n) is 11.3. The number of alkyl halides is 3. The summed E-state index contributed by atoms with van der Waals surface area (Å²) in [6.45, 7) is 0.288. The van der Waals surface area contributed by atoms with Gasteiger partial charge >= 0.3 is 6.18 Å². The highest BCUT2D eigenvalue weighted by atomic mass is 19.4. The van der Waals surface area contributed by atoms with Crippen molar-refractivity contribution in [2.75, 3.05) is 26.9 Å². The molecule has 0 spiro atoms. The molecule has 1 aromatic carbocycles. The van der Waals surface area contributed by atoms with Gasteiger partial charge in [0.15, 0.2) is 0 Å². The number of hydrogen-bond acceptors (Lipinski definition) is 3. The summed E-state index contributed by atoms with van der Waals surface area (Å²) in [7, 11) is 1.71. The molecule has 1 atom stereocenters. The normalized spacial score (nSPS) is 13.3. The topological polar surface area (TPSA) is 30.5 Å². The fraction of sp³-hybridized carbons (Fsp3) is 0.538. The van der Waals surface area contributed by atoms with Crippen LogP contribution < -0.4 is 10.1 Å². The molecule has 1 unspecified atom stereocenters. The van der Waals surface area contributed by atoms with Gasteiger partial charge in [-0.3, -0.25) is 0 Å². The maximum atomic E-state index is 13.2. The van der Waals surface area contributed by atoms with E-state index < -0.39 is 18.6 Å². The van der Waals surface area contributed by atoms with E-state index in [1.807, 2.05) is 6.92 Å². The highest BCUT2D eigenvalue weighted by Gasteiger charge is 2.27. The second-order valence-corrected chi connectivity index (χ2v) is 4.21. The van der Waals surface area contributed by atoms with Gasteiger partial charge in [0.2, 0.25) is 0 Å². The second-order valence-electron chi connectivity index (χ2n) is 4.21. The molecule has 1 aromatic rings. The van der Waals surface area contributed by atoms with Gasteiger partial charge in [-0.15, -0.1) is 0 Å². The summed E-state index contributed by atoms with van der Waals surface area (Å²) in [5.74, 6) is 0.0200. The third-order valence-corrected chi connectivity index (χ3v) is 2.62. The average Bonchev–Trinajstić information content (AvgIpc) is 2.37. The van der Waals surface area contributed by atoms with Gasteiger partial charge in [-0.05, 0) is 32.2 Å². The van der Waals surface area contributed by atoms with Crippen LogP contribution in [0.1, 0.15) is 18.5 Å². The van der Waals surface area contributed by atoms with Crippen LogP contribution in [0.5, 0.6) is 5.75 Å². The van der Waals surface area contributed by atoms with Gasteiger partial charge in [-0.1, -0.05) is 0 Å². The molecule has 1 rings (SSSR count). The van der Waals surface area contributed by atoms with Crippen molar-refractivity contribution in [3.8, 4) is 5.75 Å². The van der Waals surface area contributed by atoms with Crippen LogP contribution in [-0.2, 0) is 4.74 Å². The molecule has 0 fully saturated rings. The summed E-state index contributed by atoms with van der Waals surface area (Å²) in [6, 6.07) is 3.87. The van der Waals surface area contributed by atoms with Crippen molar-refractivity contribution in [3.05, 3.63) is 29.6 Å². The van der Waals surface area contributed by atoms with E-state index in [-0.39, 0.29) is 19.3 Å². The predicted octanol–water partition coefficient (Wildman–Crippen LogP) is 3.06. The van der Waals surface area contributed by atoms with Crippen LogP contribution in [0.15, 0.2) is 18.2 Å². The molecule has 0 aliphatic rings. The molecular formula is C13H17F4NO2. The Kier molecular flexibility index (Phi) is 6.22. The molecule has 3 nitrogen and oxygen atoms in total. The van der Waals surface area contributed by atoms with Crippen molar-refractivity contribution in [1.29, 1.82) is 0 Å². The molecule has 20 heavy (non-hydrogen) atoms. The molecule has 0 aliphatic heterocycles. The van der Waals surface area contributed by atoms with E-state index in [0.29, 0.717) is 11.3 Å². The van der Waals surface area contributed by atoms with Crippen molar-refractivity contribution in [2.45, 2.75) is 19.1 Å². The Hall–Kier alpha value is -1.34. The SMILES string of the molecule is CNC(C)c1cc(F)ccc1OCCOCC(F)(F)F. The van der Waals surface area contributed by atoms with E-state index >= 15 is 0 Å². The molecule has 0 heterocycles. The van der Waals surface area contributed by atoms with E-state index in [1.54, 1.807) is 7.05 Å². The smallest absolute Gasteiger partial charge is 0.411 e. The molecular weight excluding hydrogens is 278 g/mol. The summed E-state index contributed by atoms with van der Waals surface area (Å²) in [4.78, 5) is 0. The van der Waals surface area contributed by atoms with Gasteiger partial charge in [0.05, 0.1) is 6.61 Å². The third-order valence-electron chi connectivity index (χ3n) is 2.62. The fourth-order valence-corrected chi connectivity index (χ4v) is 1.54. The first kappa shape index (κ1) is 16.7. The molecule has 0 aliphatic carbocycles. The summed E-state index contributed by atoms with van der Waals surface area (Å²) in [5.41, 5.74) is 0.600. The van der Waals surface area contributed by atoms with Gasteiger partial charge < -0.3 is 14.8 Å². The van der Waals surface area contributed by atoms with Crippen molar-refractivity contribution in [1.82, 2.24) is 5.32 Å². The van der Waals surface area contributed by atoms with E-state index in [9.17, 15) is 17.6 Å². The quantitative estimate of drug-likeness (QED) is 0.619. The van der Waals surface area contributed by atoms with Gasteiger partial charge in [-0.25, -0.2) is 4.39 Å². The maximum Gasteiger partial charge on any atom is 0.411 e. The van der Waals surface area contributed by atoms with E-state index in [2.05, 4.69) is 10.1 Å². The molecule has 0 radical (unpaired) electrons. The molecule has 0 bridgehead atoms. The first-order chi connectivity index (χ1) is 9.33. The highest BCUT2D eigenvalue weighted by molar-refractivity contribution is 5.36. The Bertz CT molecular complexity index is 423. The number of benzene rings is 1. The first-order valence-electron chi connectivity index (χ1n) is 6.07. The van der Waals surface area contributed by atoms with Crippen LogP contribution in [-0.4, -0.2) is 33.0 Å². The minimum absolute atomic E-state index is 0.0366. The second kappa shape index (κ2) is 7.44. The molecule has 7 heteroatoms. The largest absolute Gasteiger partial charge is 0.491 e. The van der Waals surface area contributed by atoms with E-state index in [1.165, 1.54) is 18.2 Å². The lowest BCUT2D eigenvalue weighted by Gasteiger charge is -2.16. The van der Waals surface area contributed by atoms with Crippen LogP contribution in [0, 0.1) is 5.82 Å². The number of hydrogen-bond donors (Lipinski definition) is 1. The number of rotatable bonds is 7. The zero-order valence-corrected chi connectivity index (χ0v) is 11.3. The molecule has 1 N–H and O–H groups in total. The average molecular weight is 295 g/mol. The molecule has 0 saturated heterocycles. The Morgan fingerprint density at radius 3 is 2.55 bits per heavy atom. The lowest BCUT2D eigenvalue weighted by molar-refractivity contribution is -0.175. The summed E-state index contributed by atoms with van der Waals surface area (Å²) in [5, 5.41) is 2.94. The number of ether oxygens (including phenoxy) is 2. The van der Waals surface area contributed by atoms with Crippen LogP contribution >= 0.6 is 0 Å². The van der Waals surface area contributed by atoms with Gasteiger partial charge in [0.25, 0.3) is 0 Å². The maximum absolute atomic E-state index is 13.2. The van der Waals surface area contributed by atoms with E-state index in [4.69, 9.17) is 4.74 Å². The van der Waals surface area contributed by atoms with Crippen molar-refractivity contribution >= 4 is 0 Å². The highest BCUT2D eigenvalue weighted by Crippen LogP contribution is 2.25. The summed E-state index contributed by atoms with van der Waals surface area (Å²) >= 11 is 0. The van der Waals surface area contributed by atoms with Crippen molar-refractivity contribution in [3.63, 3.8) is 0 Å². The molecule has 0 amide bonds. The third kappa shape index (κ3) is 5.75. The van der Waals surface area contributed by atoms with Crippen molar-refractivity contribution in [2.24, 2.45) is 0 Å². The van der Waals surface area contributed by atoms with Crippen LogP contribution in [0.3, 0.4) is 0 Å². The van der Waals surface area contributed by atoms with Crippen LogP contribution in [0.25, 0.3) is 0 Å². The predicted molar refractivity (Wildman–Crippen MR) is 66.2 cm³/mol. The molecule has 114 valence electrons. The van der Waals surface area contributed by atoms with Gasteiger partial charge in [-0.2, -0.15) is 13.2 Å². The van der Waals surface area contributed by atoms with Crippen LogP contribution in [0.4, 0.5) is 17.6 Å². The number of nitrogens with one attached hydrogen (secondary N) is 1.